The van der Waals surface area contributed by atoms with Gasteiger partial charge in [0.1, 0.15) is 12.4 Å². The highest BCUT2D eigenvalue weighted by Crippen LogP contribution is 2.10. The van der Waals surface area contributed by atoms with E-state index in [1.165, 1.54) is 17.7 Å². The van der Waals surface area contributed by atoms with E-state index < -0.39 is 0 Å². The van der Waals surface area contributed by atoms with Crippen molar-refractivity contribution in [2.75, 3.05) is 26.2 Å². The van der Waals surface area contributed by atoms with E-state index in [-0.39, 0.29) is 42.2 Å². The van der Waals surface area contributed by atoms with Crippen LogP contribution in [0.4, 0.5) is 4.39 Å². The maximum Gasteiger partial charge on any atom is 0.241 e. The van der Waals surface area contributed by atoms with Crippen LogP contribution in [0.3, 0.4) is 0 Å². The fourth-order valence-electron chi connectivity index (χ4n) is 2.79. The Balaban J connectivity index is 0.00000420. The minimum atomic E-state index is -0.220. The molecule has 1 amide bonds. The summed E-state index contributed by atoms with van der Waals surface area (Å²) in [6.45, 7) is 5.88. The van der Waals surface area contributed by atoms with Crippen molar-refractivity contribution in [1.82, 2.24) is 16.0 Å². The molecule has 0 bridgehead atoms. The predicted molar refractivity (Wildman–Crippen MR) is 127 cm³/mol. The van der Waals surface area contributed by atoms with E-state index in [0.29, 0.717) is 25.6 Å². The summed E-state index contributed by atoms with van der Waals surface area (Å²) in [7, 11) is 0. The summed E-state index contributed by atoms with van der Waals surface area (Å²) in [6.07, 6.45) is 1.55. The van der Waals surface area contributed by atoms with E-state index in [1.54, 1.807) is 6.07 Å². The minimum Gasteiger partial charge on any atom is -0.357 e. The highest BCUT2D eigenvalue weighted by atomic mass is 127. The first-order chi connectivity index (χ1) is 13.6. The third-order valence-electron chi connectivity index (χ3n) is 4.30. The topological polar surface area (TPSA) is 65.5 Å². The summed E-state index contributed by atoms with van der Waals surface area (Å²) in [5, 5.41) is 9.23. The average molecular weight is 512 g/mol. The maximum atomic E-state index is 13.2. The Bertz CT molecular complexity index is 784. The van der Waals surface area contributed by atoms with Crippen LogP contribution >= 0.6 is 24.0 Å². The van der Waals surface area contributed by atoms with Gasteiger partial charge >= 0.3 is 0 Å². The fraction of sp³-hybridized carbons (Fsp3) is 0.364. The zero-order valence-corrected chi connectivity index (χ0v) is 19.3. The van der Waals surface area contributed by atoms with Crippen molar-refractivity contribution in [2.24, 2.45) is 4.99 Å². The second-order valence-corrected chi connectivity index (χ2v) is 6.53. The van der Waals surface area contributed by atoms with Gasteiger partial charge in [-0.15, -0.1) is 24.0 Å². The van der Waals surface area contributed by atoms with Gasteiger partial charge in [-0.1, -0.05) is 36.4 Å². The van der Waals surface area contributed by atoms with E-state index in [9.17, 15) is 9.18 Å². The molecular formula is C22H30FIN4O. The van der Waals surface area contributed by atoms with Crippen LogP contribution < -0.4 is 16.0 Å². The van der Waals surface area contributed by atoms with Crippen LogP contribution in [0.5, 0.6) is 0 Å². The normalized spacial score (nSPS) is 10.8. The molecule has 0 aliphatic heterocycles. The number of carbonyl (C=O) groups is 1. The Labute approximate surface area is 189 Å². The van der Waals surface area contributed by atoms with Gasteiger partial charge in [0, 0.05) is 19.6 Å². The Hall–Kier alpha value is -2.16. The molecule has 5 nitrogen and oxygen atoms in total. The highest BCUT2D eigenvalue weighted by Gasteiger charge is 2.04. The van der Waals surface area contributed by atoms with E-state index in [1.807, 2.05) is 44.2 Å². The van der Waals surface area contributed by atoms with Crippen molar-refractivity contribution < 1.29 is 9.18 Å². The number of nitrogens with one attached hydrogen (secondary N) is 3. The number of aryl methyl sites for hydroxylation is 1. The van der Waals surface area contributed by atoms with Gasteiger partial charge < -0.3 is 16.0 Å². The molecule has 0 saturated heterocycles. The number of hydrogen-bond donors (Lipinski definition) is 3. The molecule has 0 radical (unpaired) electrons. The summed E-state index contributed by atoms with van der Waals surface area (Å²) in [4.78, 5) is 16.3. The third kappa shape index (κ3) is 9.74. The lowest BCUT2D eigenvalue weighted by Crippen LogP contribution is -2.39. The third-order valence-corrected chi connectivity index (χ3v) is 4.30. The van der Waals surface area contributed by atoms with Gasteiger partial charge in [0.2, 0.25) is 5.91 Å². The number of benzene rings is 2. The van der Waals surface area contributed by atoms with E-state index in [0.717, 1.165) is 24.0 Å². The first-order valence-electron chi connectivity index (χ1n) is 9.66. The zero-order valence-electron chi connectivity index (χ0n) is 17.0. The van der Waals surface area contributed by atoms with Crippen molar-refractivity contribution in [2.45, 2.75) is 26.7 Å². The average Bonchev–Trinajstić information content (AvgIpc) is 2.68. The number of aliphatic imine (C=N–C) groups is 1. The second-order valence-electron chi connectivity index (χ2n) is 6.53. The molecule has 29 heavy (non-hydrogen) atoms. The van der Waals surface area contributed by atoms with Gasteiger partial charge in [0.15, 0.2) is 5.96 Å². The maximum absolute atomic E-state index is 13.2. The molecule has 158 valence electrons. The molecule has 0 aromatic heterocycles. The van der Waals surface area contributed by atoms with E-state index in [2.05, 4.69) is 20.9 Å². The molecule has 2 aromatic rings. The Morgan fingerprint density at radius 2 is 1.72 bits per heavy atom. The summed E-state index contributed by atoms with van der Waals surface area (Å²) >= 11 is 0. The molecule has 0 unspecified atom stereocenters. The molecule has 3 N–H and O–H groups in total. The molecule has 0 aliphatic carbocycles. The van der Waals surface area contributed by atoms with Crippen LogP contribution in [0.15, 0.2) is 53.5 Å². The van der Waals surface area contributed by atoms with Crippen molar-refractivity contribution in [3.63, 3.8) is 0 Å². The summed E-state index contributed by atoms with van der Waals surface area (Å²) < 4.78 is 13.2. The molecular weight excluding hydrogens is 482 g/mol. The summed E-state index contributed by atoms with van der Waals surface area (Å²) in [5.74, 6) is 0.269. The molecule has 2 rings (SSSR count). The van der Waals surface area contributed by atoms with Crippen LogP contribution in [0, 0.1) is 12.7 Å². The molecule has 2 aromatic carbocycles. The fourth-order valence-corrected chi connectivity index (χ4v) is 2.79. The van der Waals surface area contributed by atoms with Crippen molar-refractivity contribution in [3.05, 3.63) is 71.0 Å². The molecule has 0 saturated carbocycles. The SMILES string of the molecule is CCNC(=NCC(=O)NCCc1ccccc1)NCCc1ccc(F)cc1C.I. The molecule has 7 heteroatoms. The van der Waals surface area contributed by atoms with Gasteiger partial charge in [-0.3, -0.25) is 4.79 Å². The van der Waals surface area contributed by atoms with Crippen LogP contribution in [-0.2, 0) is 17.6 Å². The lowest BCUT2D eigenvalue weighted by Gasteiger charge is -2.12. The highest BCUT2D eigenvalue weighted by molar-refractivity contribution is 14.0. The second kappa shape index (κ2) is 13.9. The number of amides is 1. The molecule has 0 fully saturated rings. The van der Waals surface area contributed by atoms with Gasteiger partial charge in [0.05, 0.1) is 0 Å². The van der Waals surface area contributed by atoms with E-state index in [4.69, 9.17) is 0 Å². The quantitative estimate of drug-likeness (QED) is 0.275. The standard InChI is InChI=1S/C22H29FN4O.HI/c1-3-24-22(26-14-12-19-9-10-20(23)15-17(19)2)27-16-21(28)25-13-11-18-7-5-4-6-8-18;/h4-10,15H,3,11-14,16H2,1-2H3,(H,25,28)(H2,24,26,27);1H. The van der Waals surface area contributed by atoms with E-state index >= 15 is 0 Å². The van der Waals surface area contributed by atoms with Crippen LogP contribution in [0.1, 0.15) is 23.6 Å². The number of carbonyl (C=O) groups excluding carboxylic acids is 1. The number of guanidine groups is 1. The largest absolute Gasteiger partial charge is 0.357 e. The van der Waals surface area contributed by atoms with Crippen LogP contribution in [-0.4, -0.2) is 38.0 Å². The van der Waals surface area contributed by atoms with Gasteiger partial charge in [-0.25, -0.2) is 9.38 Å². The number of hydrogen-bond acceptors (Lipinski definition) is 2. The molecule has 0 spiro atoms. The first kappa shape index (κ1) is 24.9. The lowest BCUT2D eigenvalue weighted by atomic mass is 10.1. The van der Waals surface area contributed by atoms with Crippen molar-refractivity contribution in [1.29, 1.82) is 0 Å². The Kier molecular flexibility index (Phi) is 11.9. The van der Waals surface area contributed by atoms with Crippen LogP contribution in [0.2, 0.25) is 0 Å². The Morgan fingerprint density at radius 1 is 1.00 bits per heavy atom. The van der Waals surface area contributed by atoms with Gasteiger partial charge in [0.25, 0.3) is 0 Å². The smallest absolute Gasteiger partial charge is 0.241 e. The van der Waals surface area contributed by atoms with Crippen molar-refractivity contribution >= 4 is 35.8 Å². The minimum absolute atomic E-state index is 0. The monoisotopic (exact) mass is 512 g/mol. The summed E-state index contributed by atoms with van der Waals surface area (Å²) in [5.41, 5.74) is 3.21. The number of nitrogens with zero attached hydrogens (tertiary/aromatic N) is 1. The summed E-state index contributed by atoms with van der Waals surface area (Å²) in [6, 6.07) is 14.9. The van der Waals surface area contributed by atoms with Gasteiger partial charge in [-0.05, 0) is 55.5 Å². The van der Waals surface area contributed by atoms with Crippen molar-refractivity contribution in [3.8, 4) is 0 Å². The van der Waals surface area contributed by atoms with Crippen LogP contribution in [0.25, 0.3) is 0 Å². The first-order valence-corrected chi connectivity index (χ1v) is 9.66. The predicted octanol–water partition coefficient (Wildman–Crippen LogP) is 3.21. The molecule has 0 atom stereocenters. The lowest BCUT2D eigenvalue weighted by molar-refractivity contribution is -0.119. The molecule has 0 heterocycles. The molecule has 0 aliphatic rings. The zero-order chi connectivity index (χ0) is 20.2. The number of halogens is 2. The number of rotatable bonds is 9. The van der Waals surface area contributed by atoms with Gasteiger partial charge in [-0.2, -0.15) is 0 Å². The Morgan fingerprint density at radius 3 is 2.41 bits per heavy atom.